The Morgan fingerprint density at radius 3 is 2.00 bits per heavy atom. The lowest BCUT2D eigenvalue weighted by molar-refractivity contribution is -0.147. The first kappa shape index (κ1) is 21.3. The van der Waals surface area contributed by atoms with Gasteiger partial charge in [0.2, 0.25) is 5.91 Å². The SMILES string of the molecule is CCOC(=O)C(Cc1ccc(Oc2ccc(C(F)(F)F)cc2)cc1)NC(C)=O. The van der Waals surface area contributed by atoms with Crippen LogP contribution in [-0.4, -0.2) is 24.5 Å². The Morgan fingerprint density at radius 2 is 1.54 bits per heavy atom. The van der Waals surface area contributed by atoms with E-state index >= 15 is 0 Å². The van der Waals surface area contributed by atoms with Gasteiger partial charge < -0.3 is 14.8 Å². The first-order valence-corrected chi connectivity index (χ1v) is 8.57. The lowest BCUT2D eigenvalue weighted by atomic mass is 10.1. The second-order valence-corrected chi connectivity index (χ2v) is 5.98. The summed E-state index contributed by atoms with van der Waals surface area (Å²) in [6, 6.07) is 10.2. The van der Waals surface area contributed by atoms with E-state index < -0.39 is 23.8 Å². The van der Waals surface area contributed by atoms with Crippen molar-refractivity contribution in [2.45, 2.75) is 32.5 Å². The molecule has 0 fully saturated rings. The number of hydrogen-bond donors (Lipinski definition) is 1. The molecule has 2 aromatic rings. The number of esters is 1. The summed E-state index contributed by atoms with van der Waals surface area (Å²) in [6.45, 7) is 3.19. The zero-order valence-electron chi connectivity index (χ0n) is 15.4. The third kappa shape index (κ3) is 6.29. The summed E-state index contributed by atoms with van der Waals surface area (Å²) in [5, 5.41) is 2.55. The van der Waals surface area contributed by atoms with E-state index in [1.807, 2.05) is 0 Å². The van der Waals surface area contributed by atoms with Gasteiger partial charge in [0.05, 0.1) is 12.2 Å². The molecule has 0 heterocycles. The van der Waals surface area contributed by atoms with Crippen LogP contribution in [0.5, 0.6) is 11.5 Å². The molecular formula is C20H20F3NO4. The van der Waals surface area contributed by atoms with Crippen LogP contribution in [0.4, 0.5) is 13.2 Å². The summed E-state index contributed by atoms with van der Waals surface area (Å²) in [4.78, 5) is 23.2. The Kier molecular flexibility index (Phi) is 7.03. The number of hydrogen-bond acceptors (Lipinski definition) is 4. The highest BCUT2D eigenvalue weighted by molar-refractivity contribution is 5.83. The summed E-state index contributed by atoms with van der Waals surface area (Å²) in [5.74, 6) is -0.179. The number of carbonyl (C=O) groups excluding carboxylic acids is 2. The first-order chi connectivity index (χ1) is 13.2. The van der Waals surface area contributed by atoms with Gasteiger partial charge in [-0.05, 0) is 48.9 Å². The summed E-state index contributed by atoms with van der Waals surface area (Å²) in [7, 11) is 0. The molecule has 1 N–H and O–H groups in total. The Bertz CT molecular complexity index is 802. The number of ether oxygens (including phenoxy) is 2. The number of rotatable bonds is 7. The molecule has 28 heavy (non-hydrogen) atoms. The number of halogens is 3. The molecule has 0 aliphatic rings. The van der Waals surface area contributed by atoms with Crippen molar-refractivity contribution in [2.24, 2.45) is 0 Å². The number of carbonyl (C=O) groups is 2. The number of benzene rings is 2. The fourth-order valence-electron chi connectivity index (χ4n) is 2.46. The zero-order valence-corrected chi connectivity index (χ0v) is 15.4. The van der Waals surface area contributed by atoms with Gasteiger partial charge in [0.25, 0.3) is 0 Å². The van der Waals surface area contributed by atoms with Crippen molar-refractivity contribution >= 4 is 11.9 Å². The van der Waals surface area contributed by atoms with E-state index in [-0.39, 0.29) is 24.7 Å². The van der Waals surface area contributed by atoms with E-state index in [1.165, 1.54) is 19.1 Å². The molecule has 1 unspecified atom stereocenters. The van der Waals surface area contributed by atoms with Gasteiger partial charge in [-0.3, -0.25) is 4.79 Å². The molecule has 0 radical (unpaired) electrons. The summed E-state index contributed by atoms with van der Waals surface area (Å²) < 4.78 is 48.2. The van der Waals surface area contributed by atoms with Crippen molar-refractivity contribution in [3.8, 4) is 11.5 Å². The van der Waals surface area contributed by atoms with Gasteiger partial charge in [0.15, 0.2) is 0 Å². The van der Waals surface area contributed by atoms with Gasteiger partial charge in [0.1, 0.15) is 17.5 Å². The molecule has 2 aromatic carbocycles. The van der Waals surface area contributed by atoms with Crippen molar-refractivity contribution in [2.75, 3.05) is 6.61 Å². The minimum absolute atomic E-state index is 0.203. The highest BCUT2D eigenvalue weighted by Crippen LogP contribution is 2.31. The van der Waals surface area contributed by atoms with Crippen LogP contribution >= 0.6 is 0 Å². The van der Waals surface area contributed by atoms with Crippen molar-refractivity contribution < 1.29 is 32.2 Å². The standard InChI is InChI=1S/C20H20F3NO4/c1-3-27-19(26)18(24-13(2)25)12-14-4-8-16(9-5-14)28-17-10-6-15(7-11-17)20(21,22)23/h4-11,18H,3,12H2,1-2H3,(H,24,25). The molecule has 0 aromatic heterocycles. The second-order valence-electron chi connectivity index (χ2n) is 5.98. The molecule has 0 spiro atoms. The van der Waals surface area contributed by atoms with Gasteiger partial charge >= 0.3 is 12.1 Å². The van der Waals surface area contributed by atoms with Crippen LogP contribution in [0.25, 0.3) is 0 Å². The van der Waals surface area contributed by atoms with Crippen LogP contribution in [-0.2, 0) is 26.9 Å². The minimum atomic E-state index is -4.40. The van der Waals surface area contributed by atoms with Crippen molar-refractivity contribution in [3.05, 3.63) is 59.7 Å². The maximum atomic E-state index is 12.6. The lowest BCUT2D eigenvalue weighted by Gasteiger charge is -2.16. The maximum absolute atomic E-state index is 12.6. The molecule has 0 bridgehead atoms. The normalized spacial score (nSPS) is 12.2. The quantitative estimate of drug-likeness (QED) is 0.717. The van der Waals surface area contributed by atoms with E-state index in [0.717, 1.165) is 17.7 Å². The van der Waals surface area contributed by atoms with E-state index in [1.54, 1.807) is 31.2 Å². The maximum Gasteiger partial charge on any atom is 0.416 e. The second kappa shape index (κ2) is 9.25. The molecule has 8 heteroatoms. The first-order valence-electron chi connectivity index (χ1n) is 8.57. The van der Waals surface area contributed by atoms with Crippen LogP contribution in [0, 0.1) is 0 Å². The molecular weight excluding hydrogens is 375 g/mol. The monoisotopic (exact) mass is 395 g/mol. The Labute approximate surface area is 160 Å². The number of alkyl halides is 3. The fourth-order valence-corrected chi connectivity index (χ4v) is 2.46. The Morgan fingerprint density at radius 1 is 1.00 bits per heavy atom. The molecule has 0 aliphatic heterocycles. The highest BCUT2D eigenvalue weighted by atomic mass is 19.4. The molecule has 5 nitrogen and oxygen atoms in total. The number of nitrogens with one attached hydrogen (secondary N) is 1. The largest absolute Gasteiger partial charge is 0.464 e. The van der Waals surface area contributed by atoms with Crippen LogP contribution in [0.15, 0.2) is 48.5 Å². The van der Waals surface area contributed by atoms with Gasteiger partial charge in [-0.25, -0.2) is 4.79 Å². The van der Waals surface area contributed by atoms with Gasteiger partial charge in [-0.2, -0.15) is 13.2 Å². The fraction of sp³-hybridized carbons (Fsp3) is 0.300. The van der Waals surface area contributed by atoms with Gasteiger partial charge in [-0.1, -0.05) is 12.1 Å². The number of amides is 1. The smallest absolute Gasteiger partial charge is 0.416 e. The predicted octanol–water partition coefficient (Wildman–Crippen LogP) is 4.11. The average molecular weight is 395 g/mol. The van der Waals surface area contributed by atoms with Gasteiger partial charge in [0, 0.05) is 13.3 Å². The third-order valence-corrected chi connectivity index (χ3v) is 3.73. The molecule has 0 saturated carbocycles. The average Bonchev–Trinajstić information content (AvgIpc) is 2.62. The zero-order chi connectivity index (χ0) is 20.7. The van der Waals surface area contributed by atoms with Crippen molar-refractivity contribution in [1.82, 2.24) is 5.32 Å². The van der Waals surface area contributed by atoms with Crippen LogP contribution in [0.3, 0.4) is 0 Å². The van der Waals surface area contributed by atoms with E-state index in [2.05, 4.69) is 5.32 Å². The molecule has 150 valence electrons. The van der Waals surface area contributed by atoms with E-state index in [4.69, 9.17) is 9.47 Å². The lowest BCUT2D eigenvalue weighted by Crippen LogP contribution is -2.42. The molecule has 0 aliphatic carbocycles. The highest BCUT2D eigenvalue weighted by Gasteiger charge is 2.30. The third-order valence-electron chi connectivity index (χ3n) is 3.73. The minimum Gasteiger partial charge on any atom is -0.464 e. The molecule has 0 saturated heterocycles. The predicted molar refractivity (Wildman–Crippen MR) is 95.9 cm³/mol. The summed E-state index contributed by atoms with van der Waals surface area (Å²) >= 11 is 0. The van der Waals surface area contributed by atoms with Crippen molar-refractivity contribution in [1.29, 1.82) is 0 Å². The van der Waals surface area contributed by atoms with Crippen molar-refractivity contribution in [3.63, 3.8) is 0 Å². The molecule has 2 rings (SSSR count). The van der Waals surface area contributed by atoms with Gasteiger partial charge in [-0.15, -0.1) is 0 Å². The summed E-state index contributed by atoms with van der Waals surface area (Å²) in [5.41, 5.74) is 0.00440. The van der Waals surface area contributed by atoms with Crippen LogP contribution < -0.4 is 10.1 Å². The molecule has 1 amide bonds. The Balaban J connectivity index is 2.03. The Hall–Kier alpha value is -3.03. The van der Waals surface area contributed by atoms with Crippen LogP contribution in [0.1, 0.15) is 25.0 Å². The van der Waals surface area contributed by atoms with E-state index in [0.29, 0.717) is 5.75 Å². The summed E-state index contributed by atoms with van der Waals surface area (Å²) in [6.07, 6.45) is -4.16. The van der Waals surface area contributed by atoms with Crippen LogP contribution in [0.2, 0.25) is 0 Å². The topological polar surface area (TPSA) is 64.6 Å². The van der Waals surface area contributed by atoms with E-state index in [9.17, 15) is 22.8 Å². The molecule has 1 atom stereocenters.